The Balaban J connectivity index is 2.13. The summed E-state index contributed by atoms with van der Waals surface area (Å²) in [5.41, 5.74) is 6.88. The lowest BCUT2D eigenvalue weighted by atomic mass is 10.1. The third-order valence-electron chi connectivity index (χ3n) is 4.76. The number of hydrogen-bond acceptors (Lipinski definition) is 7. The zero-order valence-corrected chi connectivity index (χ0v) is 18.1. The fourth-order valence-electron chi connectivity index (χ4n) is 3.24. The van der Waals surface area contributed by atoms with E-state index in [1.165, 1.54) is 42.1 Å². The van der Waals surface area contributed by atoms with Gasteiger partial charge in [-0.25, -0.2) is 0 Å². The van der Waals surface area contributed by atoms with Crippen LogP contribution in [0.4, 0.5) is 0 Å². The first kappa shape index (κ1) is 23.1. The Bertz CT molecular complexity index is 719. The number of amides is 1. The number of nitrogens with two attached hydrogens (primary N) is 1. The zero-order chi connectivity index (χ0) is 21.1. The van der Waals surface area contributed by atoms with Crippen molar-refractivity contribution >= 4 is 35.1 Å². The standard InChI is InChI=1S/C21H32N6OS/c1-3-8-18(15-24-16-26-10-5-4-6-11-26)20-25-9-7-12-27(19(13-22)14-23)21(28)17(2)29-20/h8,13-15,22H,2-7,9-12,16,23H2,1H3/b18-8+,19-14+,22-13?,24-15-,25-20?. The number of hydrogen-bond donors (Lipinski definition) is 2. The Morgan fingerprint density at radius 2 is 2.07 bits per heavy atom. The van der Waals surface area contributed by atoms with Crippen LogP contribution in [-0.2, 0) is 4.79 Å². The summed E-state index contributed by atoms with van der Waals surface area (Å²) in [6, 6.07) is 0. The van der Waals surface area contributed by atoms with Crippen LogP contribution >= 0.6 is 11.8 Å². The summed E-state index contributed by atoms with van der Waals surface area (Å²) in [7, 11) is 0. The van der Waals surface area contributed by atoms with E-state index in [0.717, 1.165) is 36.3 Å². The van der Waals surface area contributed by atoms with Gasteiger partial charge in [0.1, 0.15) is 5.04 Å². The van der Waals surface area contributed by atoms with Gasteiger partial charge in [-0.2, -0.15) is 0 Å². The second-order valence-electron chi connectivity index (χ2n) is 6.96. The molecule has 2 aliphatic heterocycles. The summed E-state index contributed by atoms with van der Waals surface area (Å²) in [6.07, 6.45) is 11.6. The van der Waals surface area contributed by atoms with E-state index >= 15 is 0 Å². The predicted octanol–water partition coefficient (Wildman–Crippen LogP) is 3.16. The van der Waals surface area contributed by atoms with E-state index in [-0.39, 0.29) is 5.91 Å². The van der Waals surface area contributed by atoms with Crippen LogP contribution in [0, 0.1) is 5.41 Å². The van der Waals surface area contributed by atoms with E-state index in [4.69, 9.17) is 16.1 Å². The van der Waals surface area contributed by atoms with Gasteiger partial charge in [0.2, 0.25) is 0 Å². The van der Waals surface area contributed by atoms with Crippen molar-refractivity contribution in [3.8, 4) is 0 Å². The molecule has 0 bridgehead atoms. The van der Waals surface area contributed by atoms with E-state index < -0.39 is 0 Å². The molecule has 2 rings (SSSR count). The quantitative estimate of drug-likeness (QED) is 0.492. The number of likely N-dealkylation sites (tertiary alicyclic amines) is 1. The zero-order valence-electron chi connectivity index (χ0n) is 17.3. The number of piperidine rings is 1. The molecule has 2 aliphatic rings. The molecule has 0 aromatic carbocycles. The third kappa shape index (κ3) is 6.97. The van der Waals surface area contributed by atoms with Crippen LogP contribution in [0.2, 0.25) is 0 Å². The Labute approximate surface area is 178 Å². The first-order chi connectivity index (χ1) is 14.1. The molecule has 2 heterocycles. The average Bonchev–Trinajstić information content (AvgIpc) is 2.80. The van der Waals surface area contributed by atoms with Crippen LogP contribution < -0.4 is 5.73 Å². The number of nitrogens with zero attached hydrogens (tertiary/aromatic N) is 4. The summed E-state index contributed by atoms with van der Waals surface area (Å²) in [4.78, 5) is 26.4. The summed E-state index contributed by atoms with van der Waals surface area (Å²) < 4.78 is 0. The van der Waals surface area contributed by atoms with Crippen molar-refractivity contribution in [3.05, 3.63) is 35.0 Å². The molecule has 0 aromatic heterocycles. The van der Waals surface area contributed by atoms with Gasteiger partial charge in [0.25, 0.3) is 5.91 Å². The number of aliphatic imine (C=N–C) groups is 2. The number of carbonyl (C=O) groups is 1. The Morgan fingerprint density at radius 3 is 2.72 bits per heavy atom. The lowest BCUT2D eigenvalue weighted by molar-refractivity contribution is -0.124. The fourth-order valence-corrected chi connectivity index (χ4v) is 4.08. The maximum Gasteiger partial charge on any atom is 0.264 e. The molecule has 0 aliphatic carbocycles. The van der Waals surface area contributed by atoms with Crippen LogP contribution in [0.1, 0.15) is 39.0 Å². The first-order valence-electron chi connectivity index (χ1n) is 10.2. The Morgan fingerprint density at radius 1 is 1.31 bits per heavy atom. The molecular formula is C21H32N6OS. The van der Waals surface area contributed by atoms with E-state index in [1.807, 2.05) is 6.21 Å². The highest BCUT2D eigenvalue weighted by Gasteiger charge is 2.23. The van der Waals surface area contributed by atoms with Crippen LogP contribution in [0.5, 0.6) is 0 Å². The van der Waals surface area contributed by atoms with Crippen molar-refractivity contribution in [2.45, 2.75) is 39.0 Å². The Kier molecular flexibility index (Phi) is 9.87. The van der Waals surface area contributed by atoms with E-state index in [9.17, 15) is 4.79 Å². The molecule has 8 heteroatoms. The average molecular weight is 417 g/mol. The van der Waals surface area contributed by atoms with Crippen LogP contribution in [0.15, 0.2) is 45.0 Å². The maximum atomic E-state index is 12.8. The molecule has 29 heavy (non-hydrogen) atoms. The molecule has 1 amide bonds. The normalized spacial score (nSPS) is 21.0. The SMILES string of the molecule is C=C1SC(C(/C=N\CN2CCCCC2)=C/CC)=NCCCN(/C(C=N)=C/N)C1=O. The van der Waals surface area contributed by atoms with Gasteiger partial charge in [0.15, 0.2) is 0 Å². The van der Waals surface area contributed by atoms with Crippen LogP contribution in [0.3, 0.4) is 0 Å². The second kappa shape index (κ2) is 12.4. The minimum absolute atomic E-state index is 0.245. The van der Waals surface area contributed by atoms with E-state index in [0.29, 0.717) is 36.8 Å². The van der Waals surface area contributed by atoms with Crippen molar-refractivity contribution in [2.75, 3.05) is 32.8 Å². The molecule has 158 valence electrons. The fraction of sp³-hybridized carbons (Fsp3) is 0.524. The molecule has 0 spiro atoms. The van der Waals surface area contributed by atoms with Gasteiger partial charge in [-0.15, -0.1) is 0 Å². The highest BCUT2D eigenvalue weighted by atomic mass is 32.2. The number of rotatable bonds is 7. The summed E-state index contributed by atoms with van der Waals surface area (Å²) in [6.45, 7) is 9.95. The molecule has 0 atom stereocenters. The molecule has 1 saturated heterocycles. The lowest BCUT2D eigenvalue weighted by Crippen LogP contribution is -2.33. The summed E-state index contributed by atoms with van der Waals surface area (Å²) in [5, 5.41) is 8.26. The summed E-state index contributed by atoms with van der Waals surface area (Å²) >= 11 is 1.27. The molecule has 7 nitrogen and oxygen atoms in total. The molecule has 0 saturated carbocycles. The number of nitrogens with one attached hydrogen (secondary N) is 1. The minimum atomic E-state index is -0.245. The van der Waals surface area contributed by atoms with Crippen molar-refractivity contribution < 1.29 is 4.79 Å². The highest BCUT2D eigenvalue weighted by Crippen LogP contribution is 2.25. The van der Waals surface area contributed by atoms with Crippen LogP contribution in [-0.4, -0.2) is 66.0 Å². The molecule has 0 unspecified atom stereocenters. The van der Waals surface area contributed by atoms with Crippen molar-refractivity contribution in [1.29, 1.82) is 5.41 Å². The van der Waals surface area contributed by atoms with Crippen LogP contribution in [0.25, 0.3) is 0 Å². The molecule has 3 N–H and O–H groups in total. The topological polar surface area (TPSA) is 98.1 Å². The monoisotopic (exact) mass is 416 g/mol. The number of carbonyl (C=O) groups excluding carboxylic acids is 1. The molecule has 1 fully saturated rings. The van der Waals surface area contributed by atoms with Gasteiger partial charge in [-0.1, -0.05) is 37.8 Å². The largest absolute Gasteiger partial charge is 0.403 e. The highest BCUT2D eigenvalue weighted by molar-refractivity contribution is 8.18. The van der Waals surface area contributed by atoms with Gasteiger partial charge in [-0.05, 0) is 38.8 Å². The van der Waals surface area contributed by atoms with Gasteiger partial charge >= 0.3 is 0 Å². The van der Waals surface area contributed by atoms with Gasteiger partial charge in [0, 0.05) is 37.3 Å². The smallest absolute Gasteiger partial charge is 0.264 e. The van der Waals surface area contributed by atoms with E-state index in [1.54, 1.807) is 0 Å². The van der Waals surface area contributed by atoms with Crippen molar-refractivity contribution in [1.82, 2.24) is 9.80 Å². The van der Waals surface area contributed by atoms with Gasteiger partial charge < -0.3 is 16.0 Å². The van der Waals surface area contributed by atoms with E-state index in [2.05, 4.69) is 29.5 Å². The number of allylic oxidation sites excluding steroid dienone is 2. The first-order valence-corrected chi connectivity index (χ1v) is 11.0. The maximum absolute atomic E-state index is 12.8. The van der Waals surface area contributed by atoms with Gasteiger partial charge in [0.05, 0.1) is 17.3 Å². The molecule has 0 aromatic rings. The summed E-state index contributed by atoms with van der Waals surface area (Å²) in [5.74, 6) is -0.245. The van der Waals surface area contributed by atoms with Crippen molar-refractivity contribution in [3.63, 3.8) is 0 Å². The Hall–Kier alpha value is -2.19. The molecular weight excluding hydrogens is 384 g/mol. The lowest BCUT2D eigenvalue weighted by Gasteiger charge is -2.24. The number of thioether (sulfide) groups is 1. The molecule has 0 radical (unpaired) electrons. The van der Waals surface area contributed by atoms with Gasteiger partial charge in [-0.3, -0.25) is 19.7 Å². The second-order valence-corrected chi connectivity index (χ2v) is 8.04. The predicted molar refractivity (Wildman–Crippen MR) is 124 cm³/mol. The van der Waals surface area contributed by atoms with Crippen molar-refractivity contribution in [2.24, 2.45) is 15.7 Å². The third-order valence-corrected chi connectivity index (χ3v) is 5.74. The minimum Gasteiger partial charge on any atom is -0.403 e.